The molecule has 0 bridgehead atoms. The van der Waals surface area contributed by atoms with Crippen LogP contribution in [0.2, 0.25) is 0 Å². The molecule has 5 nitrogen and oxygen atoms in total. The fourth-order valence-corrected chi connectivity index (χ4v) is 1.57. The van der Waals surface area contributed by atoms with Gasteiger partial charge >= 0.3 is 5.97 Å². The van der Waals surface area contributed by atoms with E-state index < -0.39 is 5.97 Å². The lowest BCUT2D eigenvalue weighted by atomic mass is 10.2. The Morgan fingerprint density at radius 3 is 3.07 bits per heavy atom. The van der Waals surface area contributed by atoms with Crippen LogP contribution in [0.5, 0.6) is 0 Å². The average molecular weight is 218 g/mol. The highest BCUT2D eigenvalue weighted by Gasteiger charge is 2.17. The van der Waals surface area contributed by atoms with Gasteiger partial charge in [0.2, 0.25) is 0 Å². The molecule has 0 fully saturated rings. The second-order valence-corrected chi connectivity index (χ2v) is 3.04. The number of rotatable bonds is 1. The Morgan fingerprint density at radius 1 is 1.57 bits per heavy atom. The molecule has 0 saturated carbocycles. The zero-order valence-corrected chi connectivity index (χ0v) is 8.38. The van der Waals surface area contributed by atoms with E-state index in [9.17, 15) is 4.79 Å². The van der Waals surface area contributed by atoms with Crippen LogP contribution >= 0.6 is 12.4 Å². The molecule has 1 aromatic heterocycles. The summed E-state index contributed by atoms with van der Waals surface area (Å²) in [5, 5.41) is 12.0. The lowest BCUT2D eigenvalue weighted by molar-refractivity contribution is 0.0689. The van der Waals surface area contributed by atoms with E-state index >= 15 is 0 Å². The van der Waals surface area contributed by atoms with Crippen molar-refractivity contribution < 1.29 is 9.90 Å². The van der Waals surface area contributed by atoms with Crippen LogP contribution in [0.4, 0.5) is 0 Å². The van der Waals surface area contributed by atoms with Crippen LogP contribution in [0.3, 0.4) is 0 Å². The van der Waals surface area contributed by atoms with E-state index in [0.29, 0.717) is 0 Å². The zero-order chi connectivity index (χ0) is 9.26. The minimum atomic E-state index is -0.935. The molecule has 1 aromatic rings. The second-order valence-electron chi connectivity index (χ2n) is 3.04. The molecular weight excluding hydrogens is 206 g/mol. The number of imidazole rings is 1. The summed E-state index contributed by atoms with van der Waals surface area (Å²) < 4.78 is 1.91. The van der Waals surface area contributed by atoms with Crippen LogP contribution in [0, 0.1) is 0 Å². The first kappa shape index (κ1) is 11.0. The molecule has 0 amide bonds. The Morgan fingerprint density at radius 2 is 2.36 bits per heavy atom. The van der Waals surface area contributed by atoms with Crippen LogP contribution in [0.15, 0.2) is 6.33 Å². The summed E-state index contributed by atoms with van der Waals surface area (Å²) in [6, 6.07) is 0. The van der Waals surface area contributed by atoms with Crippen molar-refractivity contribution in [2.75, 3.05) is 13.1 Å². The van der Waals surface area contributed by atoms with Crippen molar-refractivity contribution in [3.8, 4) is 0 Å². The maximum absolute atomic E-state index is 10.8. The van der Waals surface area contributed by atoms with Crippen molar-refractivity contribution in [3.63, 3.8) is 0 Å². The second kappa shape index (κ2) is 4.43. The Kier molecular flexibility index (Phi) is 3.49. The summed E-state index contributed by atoms with van der Waals surface area (Å²) >= 11 is 0. The fraction of sp³-hybridized carbons (Fsp3) is 0.500. The predicted molar refractivity (Wildman–Crippen MR) is 53.0 cm³/mol. The van der Waals surface area contributed by atoms with Crippen molar-refractivity contribution in [1.82, 2.24) is 14.9 Å². The minimum absolute atomic E-state index is 0. The van der Waals surface area contributed by atoms with E-state index in [-0.39, 0.29) is 18.1 Å². The highest BCUT2D eigenvalue weighted by molar-refractivity contribution is 5.86. The summed E-state index contributed by atoms with van der Waals surface area (Å²) in [6.45, 7) is 2.50. The molecule has 6 heteroatoms. The average Bonchev–Trinajstić information content (AvgIpc) is 2.36. The number of aromatic carboxylic acids is 1. The van der Waals surface area contributed by atoms with Gasteiger partial charge in [0.05, 0.1) is 12.0 Å². The summed E-state index contributed by atoms with van der Waals surface area (Å²) in [5.41, 5.74) is 1.03. The molecule has 2 heterocycles. The van der Waals surface area contributed by atoms with Gasteiger partial charge in [-0.1, -0.05) is 0 Å². The number of hydrogen-bond acceptors (Lipinski definition) is 3. The Hall–Kier alpha value is -1.07. The summed E-state index contributed by atoms with van der Waals surface area (Å²) in [5.74, 6) is -0.935. The molecule has 0 aromatic carbocycles. The number of hydrogen-bond donors (Lipinski definition) is 2. The smallest absolute Gasteiger partial charge is 0.356 e. The molecule has 0 spiro atoms. The lowest BCUT2D eigenvalue weighted by Crippen LogP contribution is -2.17. The molecule has 2 N–H and O–H groups in total. The van der Waals surface area contributed by atoms with Crippen LogP contribution in [0.1, 0.15) is 16.2 Å². The Labute approximate surface area is 87.5 Å². The number of carboxylic acid groups (broad SMARTS) is 1. The quantitative estimate of drug-likeness (QED) is 0.703. The van der Waals surface area contributed by atoms with E-state index in [1.54, 1.807) is 6.33 Å². The molecule has 1 aliphatic heterocycles. The molecule has 1 aliphatic rings. The highest BCUT2D eigenvalue weighted by atomic mass is 35.5. The summed E-state index contributed by atoms with van der Waals surface area (Å²) in [7, 11) is 0. The third kappa shape index (κ3) is 1.88. The lowest BCUT2D eigenvalue weighted by Gasteiger charge is -2.01. The number of nitrogens with one attached hydrogen (secondary N) is 1. The number of nitrogens with zero attached hydrogens (tertiary/aromatic N) is 2. The van der Waals surface area contributed by atoms with Crippen LogP contribution in [0.25, 0.3) is 0 Å². The van der Waals surface area contributed by atoms with Gasteiger partial charge in [-0.2, -0.15) is 0 Å². The van der Waals surface area contributed by atoms with Gasteiger partial charge in [-0.25, -0.2) is 9.78 Å². The summed E-state index contributed by atoms with van der Waals surface area (Å²) in [4.78, 5) is 14.6. The molecule has 0 aliphatic carbocycles. The fourth-order valence-electron chi connectivity index (χ4n) is 1.57. The zero-order valence-electron chi connectivity index (χ0n) is 7.56. The monoisotopic (exact) mass is 217 g/mol. The van der Waals surface area contributed by atoms with Crippen molar-refractivity contribution in [2.24, 2.45) is 0 Å². The highest BCUT2D eigenvalue weighted by Crippen LogP contribution is 2.09. The van der Waals surface area contributed by atoms with Crippen molar-refractivity contribution in [1.29, 1.82) is 0 Å². The van der Waals surface area contributed by atoms with Gasteiger partial charge < -0.3 is 15.0 Å². The topological polar surface area (TPSA) is 67.1 Å². The van der Waals surface area contributed by atoms with Crippen LogP contribution < -0.4 is 5.32 Å². The predicted octanol–water partition coefficient (Wildman–Crippen LogP) is 0.149. The van der Waals surface area contributed by atoms with E-state index in [2.05, 4.69) is 10.3 Å². The summed E-state index contributed by atoms with van der Waals surface area (Å²) in [6.07, 6.45) is 2.34. The van der Waals surface area contributed by atoms with Crippen molar-refractivity contribution in [2.45, 2.75) is 13.0 Å². The largest absolute Gasteiger partial charge is 0.476 e. The first-order chi connectivity index (χ1) is 6.29. The SMILES string of the molecule is Cl.O=C(O)c1ncn2c1CCNCC2. The number of aromatic nitrogens is 2. The maximum atomic E-state index is 10.8. The number of halogens is 1. The van der Waals surface area contributed by atoms with Gasteiger partial charge in [-0.15, -0.1) is 12.4 Å². The molecular formula is C8H12ClN3O2. The number of carboxylic acids is 1. The Bertz CT molecular complexity index is 337. The third-order valence-electron chi connectivity index (χ3n) is 2.22. The Balaban J connectivity index is 0.000000980. The number of fused-ring (bicyclic) bond motifs is 1. The first-order valence-electron chi connectivity index (χ1n) is 4.27. The van der Waals surface area contributed by atoms with Crippen molar-refractivity contribution in [3.05, 3.63) is 17.7 Å². The molecule has 0 atom stereocenters. The minimum Gasteiger partial charge on any atom is -0.476 e. The molecule has 0 saturated heterocycles. The van der Waals surface area contributed by atoms with E-state index in [0.717, 1.165) is 31.7 Å². The van der Waals surface area contributed by atoms with Crippen LogP contribution in [-0.2, 0) is 13.0 Å². The first-order valence-corrected chi connectivity index (χ1v) is 4.27. The number of carbonyl (C=O) groups is 1. The molecule has 0 unspecified atom stereocenters. The van der Waals surface area contributed by atoms with Gasteiger partial charge in [-0.3, -0.25) is 0 Å². The van der Waals surface area contributed by atoms with E-state index in [1.165, 1.54) is 0 Å². The van der Waals surface area contributed by atoms with Gasteiger partial charge in [0, 0.05) is 26.1 Å². The molecule has 78 valence electrons. The molecule has 0 radical (unpaired) electrons. The van der Waals surface area contributed by atoms with Crippen LogP contribution in [-0.4, -0.2) is 33.7 Å². The van der Waals surface area contributed by atoms with Gasteiger partial charge in [-0.05, 0) is 0 Å². The van der Waals surface area contributed by atoms with Crippen molar-refractivity contribution >= 4 is 18.4 Å². The van der Waals surface area contributed by atoms with E-state index in [4.69, 9.17) is 5.11 Å². The standard InChI is InChI=1S/C8H11N3O2.ClH/c12-8(13)7-6-1-2-9-3-4-11(6)5-10-7;/h5,9H,1-4H2,(H,12,13);1H. The molecule has 2 rings (SSSR count). The van der Waals surface area contributed by atoms with Gasteiger partial charge in [0.15, 0.2) is 5.69 Å². The molecule has 14 heavy (non-hydrogen) atoms. The van der Waals surface area contributed by atoms with E-state index in [1.807, 2.05) is 4.57 Å². The maximum Gasteiger partial charge on any atom is 0.356 e. The normalized spacial score (nSPS) is 15.1. The third-order valence-corrected chi connectivity index (χ3v) is 2.22. The van der Waals surface area contributed by atoms with Gasteiger partial charge in [0.25, 0.3) is 0 Å². The van der Waals surface area contributed by atoms with Gasteiger partial charge in [0.1, 0.15) is 0 Å².